The highest BCUT2D eigenvalue weighted by atomic mass is 35.5. The van der Waals surface area contributed by atoms with Gasteiger partial charge in [-0.05, 0) is 47.5 Å². The summed E-state index contributed by atoms with van der Waals surface area (Å²) in [5.41, 5.74) is 3.00. The predicted octanol–water partition coefficient (Wildman–Crippen LogP) is 5.95. The molecule has 1 aliphatic rings. The van der Waals surface area contributed by atoms with Crippen LogP contribution >= 0.6 is 35.6 Å². The maximum absolute atomic E-state index is 13.1. The van der Waals surface area contributed by atoms with Gasteiger partial charge < -0.3 is 9.84 Å². The Hall–Kier alpha value is -3.13. The van der Waals surface area contributed by atoms with E-state index < -0.39 is 5.97 Å². The van der Waals surface area contributed by atoms with Crippen molar-refractivity contribution in [1.29, 1.82) is 0 Å². The number of amides is 1. The van der Waals surface area contributed by atoms with Crippen molar-refractivity contribution < 1.29 is 19.4 Å². The van der Waals surface area contributed by atoms with Crippen molar-refractivity contribution >= 4 is 63.5 Å². The van der Waals surface area contributed by atoms with E-state index in [4.69, 9.17) is 33.7 Å². The van der Waals surface area contributed by atoms with E-state index in [0.29, 0.717) is 37.9 Å². The molecule has 0 unspecified atom stereocenters. The highest BCUT2D eigenvalue weighted by Crippen LogP contribution is 2.37. The van der Waals surface area contributed by atoms with Crippen LogP contribution in [0.3, 0.4) is 0 Å². The topological polar surface area (TPSA) is 66.8 Å². The number of carbonyl (C=O) groups excluding carboxylic acids is 1. The van der Waals surface area contributed by atoms with Gasteiger partial charge in [0.15, 0.2) is 4.32 Å². The van der Waals surface area contributed by atoms with E-state index in [-0.39, 0.29) is 12.3 Å². The van der Waals surface area contributed by atoms with Gasteiger partial charge in [-0.3, -0.25) is 14.5 Å². The molecule has 1 amide bonds. The van der Waals surface area contributed by atoms with Gasteiger partial charge in [-0.25, -0.2) is 0 Å². The van der Waals surface area contributed by atoms with E-state index in [2.05, 4.69) is 0 Å². The number of nitrogens with zero attached hydrogens (tertiary/aromatic N) is 1. The number of rotatable bonds is 7. The van der Waals surface area contributed by atoms with Crippen LogP contribution in [-0.2, 0) is 22.6 Å². The Labute approximate surface area is 205 Å². The van der Waals surface area contributed by atoms with Crippen LogP contribution in [0.25, 0.3) is 6.08 Å². The van der Waals surface area contributed by atoms with Crippen LogP contribution in [0.15, 0.2) is 77.7 Å². The van der Waals surface area contributed by atoms with Crippen LogP contribution in [0, 0.1) is 0 Å². The number of hydrogen-bond acceptors (Lipinski definition) is 5. The second kappa shape index (κ2) is 10.2. The van der Waals surface area contributed by atoms with Gasteiger partial charge in [-0.1, -0.05) is 78.0 Å². The van der Waals surface area contributed by atoms with Crippen LogP contribution in [0.4, 0.5) is 5.69 Å². The summed E-state index contributed by atoms with van der Waals surface area (Å²) < 4.78 is 6.40. The fourth-order valence-electron chi connectivity index (χ4n) is 3.24. The lowest BCUT2D eigenvalue weighted by Gasteiger charge is -2.15. The third-order valence-corrected chi connectivity index (χ3v) is 6.41. The zero-order valence-corrected chi connectivity index (χ0v) is 19.6. The molecule has 33 heavy (non-hydrogen) atoms. The molecule has 1 N–H and O–H groups in total. The summed E-state index contributed by atoms with van der Waals surface area (Å²) in [6.07, 6.45) is 1.70. The maximum atomic E-state index is 13.1. The number of carbonyl (C=O) groups is 2. The van der Waals surface area contributed by atoms with Gasteiger partial charge in [0.1, 0.15) is 12.4 Å². The summed E-state index contributed by atoms with van der Waals surface area (Å²) in [6.45, 7) is 0.367. The number of aliphatic carboxylic acids is 1. The molecule has 0 atom stereocenters. The van der Waals surface area contributed by atoms with Crippen LogP contribution in [0.1, 0.15) is 16.7 Å². The lowest BCUT2D eigenvalue weighted by molar-refractivity contribution is -0.136. The van der Waals surface area contributed by atoms with Crippen molar-refractivity contribution in [3.63, 3.8) is 0 Å². The Morgan fingerprint density at radius 3 is 2.39 bits per heavy atom. The van der Waals surface area contributed by atoms with E-state index in [1.807, 2.05) is 48.5 Å². The van der Waals surface area contributed by atoms with Gasteiger partial charge in [-0.2, -0.15) is 0 Å². The molecule has 0 aliphatic carbocycles. The first-order chi connectivity index (χ1) is 15.9. The Kier molecular flexibility index (Phi) is 7.13. The fraction of sp³-hybridized carbons (Fsp3) is 0.0800. The SMILES string of the molecule is O=C(O)Cc1ccc(N2C(=O)/C(=C/c3ccccc3OCc3ccc(Cl)cc3)SC2=S)cc1. The molecule has 5 nitrogen and oxygen atoms in total. The minimum Gasteiger partial charge on any atom is -0.488 e. The van der Waals surface area contributed by atoms with Gasteiger partial charge in [0.25, 0.3) is 5.91 Å². The summed E-state index contributed by atoms with van der Waals surface area (Å²) in [5.74, 6) is -0.493. The molecule has 0 spiro atoms. The average molecular weight is 496 g/mol. The average Bonchev–Trinajstić information content (AvgIpc) is 3.07. The van der Waals surface area contributed by atoms with Crippen molar-refractivity contribution in [2.45, 2.75) is 13.0 Å². The number of halogens is 1. The van der Waals surface area contributed by atoms with Gasteiger partial charge in [0.05, 0.1) is 17.0 Å². The normalized spacial score (nSPS) is 14.7. The third kappa shape index (κ3) is 5.63. The monoisotopic (exact) mass is 495 g/mol. The zero-order chi connectivity index (χ0) is 23.4. The number of hydrogen-bond donors (Lipinski definition) is 1. The molecule has 0 saturated carbocycles. The second-order valence-electron chi connectivity index (χ2n) is 7.21. The smallest absolute Gasteiger partial charge is 0.307 e. The van der Waals surface area contributed by atoms with E-state index in [9.17, 15) is 9.59 Å². The first kappa shape index (κ1) is 23.0. The van der Waals surface area contributed by atoms with Crippen molar-refractivity contribution in [1.82, 2.24) is 0 Å². The van der Waals surface area contributed by atoms with Crippen molar-refractivity contribution in [3.05, 3.63) is 99.4 Å². The van der Waals surface area contributed by atoms with Crippen molar-refractivity contribution in [3.8, 4) is 5.75 Å². The predicted molar refractivity (Wildman–Crippen MR) is 136 cm³/mol. The van der Waals surface area contributed by atoms with Crippen LogP contribution in [0.2, 0.25) is 5.02 Å². The Bertz CT molecular complexity index is 1240. The summed E-state index contributed by atoms with van der Waals surface area (Å²) in [4.78, 5) is 25.9. The standard InChI is InChI=1S/C25H18ClNO4S2/c26-19-9-5-17(6-10-19)15-31-21-4-2-1-3-18(21)14-22-24(30)27(25(32)33-22)20-11-7-16(8-12-20)13-23(28)29/h1-12,14H,13,15H2,(H,28,29)/b22-14-. The number of anilines is 1. The number of carboxylic acids is 1. The Morgan fingerprint density at radius 2 is 1.70 bits per heavy atom. The third-order valence-electron chi connectivity index (χ3n) is 4.86. The second-order valence-corrected chi connectivity index (χ2v) is 9.32. The molecule has 1 heterocycles. The summed E-state index contributed by atoms with van der Waals surface area (Å²) in [5, 5.41) is 9.60. The van der Waals surface area contributed by atoms with Gasteiger partial charge in [0, 0.05) is 10.6 Å². The highest BCUT2D eigenvalue weighted by Gasteiger charge is 2.33. The van der Waals surface area contributed by atoms with Crippen LogP contribution in [-0.4, -0.2) is 21.3 Å². The summed E-state index contributed by atoms with van der Waals surface area (Å²) in [6, 6.07) is 21.7. The van der Waals surface area contributed by atoms with Crippen molar-refractivity contribution in [2.24, 2.45) is 0 Å². The number of para-hydroxylation sites is 1. The molecule has 1 fully saturated rings. The summed E-state index contributed by atoms with van der Waals surface area (Å²) in [7, 11) is 0. The van der Waals surface area contributed by atoms with Crippen LogP contribution in [0.5, 0.6) is 5.75 Å². The summed E-state index contributed by atoms with van der Waals surface area (Å²) >= 11 is 12.6. The molecule has 3 aromatic carbocycles. The van der Waals surface area contributed by atoms with E-state index in [0.717, 1.165) is 11.1 Å². The molecule has 1 saturated heterocycles. The molecule has 0 aromatic heterocycles. The highest BCUT2D eigenvalue weighted by molar-refractivity contribution is 8.27. The number of benzene rings is 3. The number of ether oxygens (including phenoxy) is 1. The first-order valence-electron chi connectivity index (χ1n) is 9.95. The number of thiocarbonyl (C=S) groups is 1. The number of thioether (sulfide) groups is 1. The van der Waals surface area contributed by atoms with Gasteiger partial charge >= 0.3 is 5.97 Å². The fourth-order valence-corrected chi connectivity index (χ4v) is 4.66. The van der Waals surface area contributed by atoms with E-state index in [1.54, 1.807) is 30.3 Å². The minimum absolute atomic E-state index is 0.0780. The molecular formula is C25H18ClNO4S2. The van der Waals surface area contributed by atoms with Crippen LogP contribution < -0.4 is 9.64 Å². The molecule has 3 aromatic rings. The van der Waals surface area contributed by atoms with Gasteiger partial charge in [0.2, 0.25) is 0 Å². The molecular weight excluding hydrogens is 478 g/mol. The molecule has 0 radical (unpaired) electrons. The molecule has 0 bridgehead atoms. The van der Waals surface area contributed by atoms with E-state index >= 15 is 0 Å². The first-order valence-corrected chi connectivity index (χ1v) is 11.6. The maximum Gasteiger partial charge on any atom is 0.307 e. The molecule has 4 rings (SSSR count). The lowest BCUT2D eigenvalue weighted by atomic mass is 10.1. The Balaban J connectivity index is 1.52. The number of carboxylic acid groups (broad SMARTS) is 1. The lowest BCUT2D eigenvalue weighted by Crippen LogP contribution is -2.27. The van der Waals surface area contributed by atoms with Crippen molar-refractivity contribution in [2.75, 3.05) is 4.90 Å². The quantitative estimate of drug-likeness (QED) is 0.322. The Morgan fingerprint density at radius 1 is 1.03 bits per heavy atom. The van der Waals surface area contributed by atoms with E-state index in [1.165, 1.54) is 16.7 Å². The molecule has 8 heteroatoms. The largest absolute Gasteiger partial charge is 0.488 e. The zero-order valence-electron chi connectivity index (χ0n) is 17.2. The minimum atomic E-state index is -0.909. The molecule has 166 valence electrons. The molecule has 1 aliphatic heterocycles. The van der Waals surface area contributed by atoms with Gasteiger partial charge in [-0.15, -0.1) is 0 Å².